The Morgan fingerprint density at radius 1 is 0.554 bits per heavy atom. The molecule has 0 radical (unpaired) electrons. The number of rotatable bonds is 28. The number of carbonyl (C=O) groups is 14. The van der Waals surface area contributed by atoms with Crippen LogP contribution in [-0.2, 0) is 104 Å². The van der Waals surface area contributed by atoms with Gasteiger partial charge in [0.05, 0.1) is 165 Å². The first-order chi connectivity index (χ1) is 62.7. The smallest absolute Gasteiger partial charge is 0.414 e. The number of likely N-dealkylation sites (tertiary alicyclic amines) is 1. The minimum absolute atomic E-state index is 0.00148. The molecular weight excluding hydrogens is 1720 g/mol. The Balaban J connectivity index is 0.891. The quantitative estimate of drug-likeness (QED) is 0.0173. The maximum atomic E-state index is 15.1. The highest BCUT2D eigenvalue weighted by Crippen LogP contribution is 2.44. The molecule has 130 heavy (non-hydrogen) atoms. The number of benzene rings is 4. The highest BCUT2D eigenvalue weighted by Gasteiger charge is 2.47. The lowest BCUT2D eigenvalue weighted by Gasteiger charge is -2.32. The van der Waals surface area contributed by atoms with Crippen molar-refractivity contribution in [3.8, 4) is 23.0 Å². The monoisotopic (exact) mass is 1830 g/mol. The second kappa shape index (κ2) is 50.1. The van der Waals surface area contributed by atoms with Crippen LogP contribution in [0.1, 0.15) is 117 Å². The summed E-state index contributed by atoms with van der Waals surface area (Å²) in [6, 6.07) is 11.4. The first-order valence-electron chi connectivity index (χ1n) is 42.9. The van der Waals surface area contributed by atoms with E-state index < -0.39 is 113 Å². The molecule has 8 atom stereocenters. The van der Waals surface area contributed by atoms with Crippen molar-refractivity contribution >= 4 is 123 Å². The van der Waals surface area contributed by atoms with Gasteiger partial charge in [-0.05, 0) is 93.8 Å². The topological polar surface area (TPSA) is 484 Å². The van der Waals surface area contributed by atoms with Gasteiger partial charge in [-0.1, -0.05) is 41.6 Å². The van der Waals surface area contributed by atoms with Crippen LogP contribution in [0.5, 0.6) is 23.0 Å². The third-order valence-corrected chi connectivity index (χ3v) is 22.9. The van der Waals surface area contributed by atoms with Crippen LogP contribution < -0.4 is 71.3 Å². The summed E-state index contributed by atoms with van der Waals surface area (Å²) in [4.78, 5) is 206. The van der Waals surface area contributed by atoms with Crippen LogP contribution >= 0.6 is 11.8 Å². The molecule has 13 rings (SSSR count). The number of ether oxygens (including phenoxy) is 12. The van der Waals surface area contributed by atoms with Crippen LogP contribution in [0.4, 0.5) is 32.3 Å². The van der Waals surface area contributed by atoms with Gasteiger partial charge >= 0.3 is 12.2 Å². The number of amides is 14. The number of nitrogens with zero attached hydrogens (tertiary/aromatic N) is 6. The second-order valence-corrected chi connectivity index (χ2v) is 32.3. The van der Waals surface area contributed by atoms with Crippen LogP contribution in [0, 0.1) is 0 Å². The van der Waals surface area contributed by atoms with Gasteiger partial charge in [0.1, 0.15) is 44.0 Å². The van der Waals surface area contributed by atoms with Gasteiger partial charge in [0.15, 0.2) is 23.0 Å². The summed E-state index contributed by atoms with van der Waals surface area (Å²) in [5, 5.41) is 25.3. The lowest BCUT2D eigenvalue weighted by Crippen LogP contribution is -2.52. The second-order valence-electron chi connectivity index (χ2n) is 31.3. The number of imide groups is 1. The Kier molecular flexibility index (Phi) is 38.5. The van der Waals surface area contributed by atoms with Crippen LogP contribution in [0.3, 0.4) is 0 Å². The molecule has 0 saturated carbocycles. The molecule has 0 aromatic heterocycles. The molecule has 9 aliphatic heterocycles. The maximum absolute atomic E-state index is 15.1. The normalized spacial score (nSPS) is 21.9. The number of nitrogens with one attached hydrogen (secondary N) is 8. The minimum atomic E-state index is -1.34. The van der Waals surface area contributed by atoms with E-state index >= 15 is 9.59 Å². The average molecular weight is 1830 g/mol. The van der Waals surface area contributed by atoms with Crippen LogP contribution in [0.15, 0.2) is 90.1 Å². The molecule has 3 saturated heterocycles. The average Bonchev–Trinajstić information content (AvgIpc) is 1.53. The van der Waals surface area contributed by atoms with E-state index in [4.69, 9.17) is 61.7 Å². The maximum Gasteiger partial charge on any atom is 0.414 e. The van der Waals surface area contributed by atoms with E-state index in [9.17, 15) is 57.5 Å². The van der Waals surface area contributed by atoms with E-state index in [0.29, 0.717) is 49.7 Å². The Morgan fingerprint density at radius 2 is 1.06 bits per heavy atom. The van der Waals surface area contributed by atoms with E-state index in [1.165, 1.54) is 105 Å². The van der Waals surface area contributed by atoms with E-state index in [-0.39, 0.29) is 244 Å². The van der Waals surface area contributed by atoms with E-state index in [1.54, 1.807) is 59.4 Å². The van der Waals surface area contributed by atoms with Gasteiger partial charge < -0.3 is 114 Å². The Labute approximate surface area is 756 Å². The van der Waals surface area contributed by atoms with Gasteiger partial charge in [-0.25, -0.2) is 9.59 Å². The molecule has 42 heteroatoms. The summed E-state index contributed by atoms with van der Waals surface area (Å²) >= 11 is 1.32. The van der Waals surface area contributed by atoms with Gasteiger partial charge in [-0.3, -0.25) is 72.2 Å². The molecule has 4 aromatic carbocycles. The van der Waals surface area contributed by atoms with Crippen molar-refractivity contribution in [2.24, 2.45) is 5.16 Å². The minimum Gasteiger partial charge on any atom is -0.493 e. The molecular formula is C88H116N14O27S. The van der Waals surface area contributed by atoms with Gasteiger partial charge in [-0.2, -0.15) is 11.8 Å². The molecule has 706 valence electrons. The molecule has 41 nitrogen and oxygen atoms in total. The van der Waals surface area contributed by atoms with Crippen LogP contribution in [0.25, 0.3) is 0 Å². The molecule has 4 aromatic rings. The zero-order valence-corrected chi connectivity index (χ0v) is 75.1. The number of methoxy groups -OCH3 is 4. The highest BCUT2D eigenvalue weighted by molar-refractivity contribution is 8.00. The third-order valence-electron chi connectivity index (χ3n) is 21.9. The van der Waals surface area contributed by atoms with Gasteiger partial charge in [0.2, 0.25) is 59.1 Å². The summed E-state index contributed by atoms with van der Waals surface area (Å²) in [6.07, 6.45) is -0.419. The fraction of sp³-hybridized carbons (Fsp3) is 0.534. The standard InChI is InChI=1S/C88H116N14O27S/c1-53-41-62-50-101-68-45-72(70(119-7)43-63(68)84(112)99(62)48-53)125-28-10-29-126-73-46-69-64(44-71(73)120-8)85(113)100-49-61(97-129-40-39-124-34-27-98-79(107)47-74(130-9)86(98)114)42-67(100)56(4)102(69)88(116)128-52-58-13-17-60(18-14-58)94-83(111)66(20-22-76(104)90-26-33-123-38-36-118-6)96-81(109)55(3)92-78(106)24-31-121-30-23-77(105)91-54(2)80(108)95-65(19-21-75(103)89-25-32-122-37-35-117-5)82(110)93-59-15-11-57(12-16-59)51-127-87(101)115/h11-18,43-46,54-56,62,65-67,74H,1,10,19-42,47-52H2,2-9H3,(H,89,103)(H,90,104)(H,91,105)(H,92,106)(H,93,110)(H,94,111)(H,95,108)(H,96,109)/b97-61+/t54-,55-,56?,62-,65-,66-,67-,74?/m0/s1. The van der Waals surface area contributed by atoms with Crippen molar-refractivity contribution in [2.45, 2.75) is 146 Å². The molecule has 9 aliphatic rings. The number of thioether (sulfide) groups is 1. The van der Waals surface area contributed by atoms with Crippen LogP contribution in [-0.4, -0.2) is 311 Å². The van der Waals surface area contributed by atoms with E-state index in [1.807, 2.05) is 0 Å². The predicted octanol–water partition coefficient (Wildman–Crippen LogP) is 3.90. The van der Waals surface area contributed by atoms with E-state index in [2.05, 4.69) is 54.3 Å². The lowest BCUT2D eigenvalue weighted by atomic mass is 10.1. The SMILES string of the molecule is C=C1C[C@H]2CN3C(=O)OCc4ccc(cc4)NC(=O)[C@H](CCC(=O)NCCOCCOC)NC(=O)[C@H](C)NC(=O)CCOCCC(=O)N[C@@H](C)C(=O)N[C@@H](CCC(=O)NCCOCCOC)C(=O)Nc4ccc(cc4)COC(=O)N4c5cc(c(OC)cc5C(=O)N5C/C(=N/OCCOCCN6C(=O)CC(SC)C6=O)C[C@H]5C4C)OCCCOc4cc3c(cc4OC)C(=O)N2C1. The summed E-state index contributed by atoms with van der Waals surface area (Å²) in [5.74, 6) is -5.99. The number of carbonyl (C=O) groups excluding carboxylic acids is 14. The largest absolute Gasteiger partial charge is 0.493 e. The molecule has 2 unspecified atom stereocenters. The number of hydrogen-bond acceptors (Lipinski definition) is 29. The van der Waals surface area contributed by atoms with Gasteiger partial charge in [0, 0.05) is 102 Å². The first-order valence-corrected chi connectivity index (χ1v) is 44.2. The van der Waals surface area contributed by atoms with Crippen molar-refractivity contribution in [1.29, 1.82) is 0 Å². The fourth-order valence-corrected chi connectivity index (χ4v) is 15.5. The van der Waals surface area contributed by atoms with Gasteiger partial charge in [-0.15, -0.1) is 0 Å². The zero-order chi connectivity index (χ0) is 93.3. The van der Waals surface area contributed by atoms with Crippen molar-refractivity contribution in [3.05, 3.63) is 107 Å². The Hall–Kier alpha value is -12.2. The van der Waals surface area contributed by atoms with Crippen molar-refractivity contribution in [2.75, 3.05) is 180 Å². The fourth-order valence-electron chi connectivity index (χ4n) is 14.9. The summed E-state index contributed by atoms with van der Waals surface area (Å²) in [7, 11) is 5.84. The van der Waals surface area contributed by atoms with Crippen molar-refractivity contribution in [1.82, 2.24) is 46.6 Å². The third kappa shape index (κ3) is 28.4. The molecule has 3 fully saturated rings. The Bertz CT molecular complexity index is 4720. The van der Waals surface area contributed by atoms with Crippen molar-refractivity contribution < 1.29 is 129 Å². The number of fused-ring (bicyclic) bond motifs is 2. The first kappa shape index (κ1) is 99.9. The van der Waals surface area contributed by atoms with Gasteiger partial charge in [0.25, 0.3) is 11.8 Å². The lowest BCUT2D eigenvalue weighted by molar-refractivity contribution is -0.139. The highest BCUT2D eigenvalue weighted by atomic mass is 32.2. The summed E-state index contributed by atoms with van der Waals surface area (Å²) < 4.78 is 68.8. The predicted molar refractivity (Wildman–Crippen MR) is 471 cm³/mol. The molecule has 0 aliphatic carbocycles. The molecule has 8 N–H and O–H groups in total. The number of oxime groups is 1. The number of hydrogen-bond donors (Lipinski definition) is 8. The summed E-state index contributed by atoms with van der Waals surface area (Å²) in [5.41, 5.74) is 3.12. The van der Waals surface area contributed by atoms with Crippen LogP contribution in [0.2, 0.25) is 0 Å². The Morgan fingerprint density at radius 3 is 1.58 bits per heavy atom. The number of anilines is 4. The molecule has 9 heterocycles. The zero-order valence-electron chi connectivity index (χ0n) is 74.3. The molecule has 0 spiro atoms. The molecule has 8 bridgehead atoms. The van der Waals surface area contributed by atoms with Crippen molar-refractivity contribution in [3.63, 3.8) is 0 Å². The van der Waals surface area contributed by atoms with E-state index in [0.717, 1.165) is 5.57 Å². The molecule has 14 amide bonds. The summed E-state index contributed by atoms with van der Waals surface area (Å²) in [6.45, 7) is 9.97.